The van der Waals surface area contributed by atoms with Crippen LogP contribution in [0.5, 0.6) is 0 Å². The lowest BCUT2D eigenvalue weighted by molar-refractivity contribution is -0.133. The van der Waals surface area contributed by atoms with Crippen molar-refractivity contribution < 1.29 is 22.7 Å². The molecule has 25 heavy (non-hydrogen) atoms. The molecule has 3 aliphatic heterocycles. The molecule has 0 spiro atoms. The number of amides is 2. The van der Waals surface area contributed by atoms with Crippen LogP contribution in [0.3, 0.4) is 0 Å². The lowest BCUT2D eigenvalue weighted by Crippen LogP contribution is -2.49. The van der Waals surface area contributed by atoms with Gasteiger partial charge in [-0.05, 0) is 33.1 Å². The predicted molar refractivity (Wildman–Crippen MR) is 91.8 cm³/mol. The summed E-state index contributed by atoms with van der Waals surface area (Å²) in [5, 5.41) is 8.40. The van der Waals surface area contributed by atoms with Gasteiger partial charge in [0.1, 0.15) is 5.71 Å². The summed E-state index contributed by atoms with van der Waals surface area (Å²) in [5.41, 5.74) is 0.0262. The maximum absolute atomic E-state index is 12.5. The van der Waals surface area contributed by atoms with Crippen molar-refractivity contribution in [2.24, 2.45) is 5.10 Å². The average Bonchev–Trinajstić information content (AvgIpc) is 2.86. The van der Waals surface area contributed by atoms with Gasteiger partial charge in [-0.15, -0.1) is 0 Å². The highest BCUT2D eigenvalue weighted by molar-refractivity contribution is 7.91. The minimum atomic E-state index is -3.12. The van der Waals surface area contributed by atoms with Crippen LogP contribution in [0.25, 0.3) is 0 Å². The molecule has 0 aliphatic carbocycles. The van der Waals surface area contributed by atoms with E-state index in [2.05, 4.69) is 10.4 Å². The molecule has 140 valence electrons. The number of nitrogens with one attached hydrogen (secondary N) is 1. The molecular weight excluding hydrogens is 346 g/mol. The number of carbonyl (C=O) groups is 2. The van der Waals surface area contributed by atoms with Crippen LogP contribution in [0.1, 0.15) is 46.0 Å². The molecule has 3 heterocycles. The minimum Gasteiger partial charge on any atom is -0.375 e. The fraction of sp³-hybridized carbons (Fsp3) is 0.812. The zero-order chi connectivity index (χ0) is 18.2. The molecule has 0 aromatic heterocycles. The first kappa shape index (κ1) is 18.3. The van der Waals surface area contributed by atoms with Gasteiger partial charge in [0.05, 0.1) is 23.1 Å². The molecule has 0 radical (unpaired) electrons. The third-order valence-electron chi connectivity index (χ3n) is 4.91. The van der Waals surface area contributed by atoms with E-state index in [1.807, 2.05) is 13.8 Å². The highest BCUT2D eigenvalue weighted by Crippen LogP contribution is 2.25. The van der Waals surface area contributed by atoms with Crippen molar-refractivity contribution in [1.82, 2.24) is 10.3 Å². The molecule has 0 aromatic rings. The number of hydrogen-bond donors (Lipinski definition) is 1. The Morgan fingerprint density at radius 2 is 2.08 bits per heavy atom. The second-order valence-corrected chi connectivity index (χ2v) is 9.84. The van der Waals surface area contributed by atoms with Crippen LogP contribution in [-0.2, 0) is 24.2 Å². The predicted octanol–water partition coefficient (Wildman–Crippen LogP) is 0.226. The van der Waals surface area contributed by atoms with Gasteiger partial charge in [-0.2, -0.15) is 5.10 Å². The van der Waals surface area contributed by atoms with Gasteiger partial charge in [-0.1, -0.05) is 0 Å². The topological polar surface area (TPSA) is 105 Å². The number of carbonyl (C=O) groups excluding carboxylic acids is 2. The zero-order valence-electron chi connectivity index (χ0n) is 14.7. The van der Waals surface area contributed by atoms with Crippen molar-refractivity contribution in [3.8, 4) is 0 Å². The minimum absolute atomic E-state index is 0.0110. The second kappa shape index (κ2) is 6.68. The number of nitrogens with zero attached hydrogens (tertiary/aromatic N) is 2. The van der Waals surface area contributed by atoms with Gasteiger partial charge in [0.2, 0.25) is 5.91 Å². The molecule has 0 bridgehead atoms. The van der Waals surface area contributed by atoms with E-state index in [0.717, 1.165) is 12.8 Å². The smallest absolute Gasteiger partial charge is 0.267 e. The van der Waals surface area contributed by atoms with Gasteiger partial charge >= 0.3 is 0 Å². The third-order valence-corrected chi connectivity index (χ3v) is 6.66. The summed E-state index contributed by atoms with van der Waals surface area (Å²) in [6.45, 7) is 4.57. The summed E-state index contributed by atoms with van der Waals surface area (Å²) >= 11 is 0. The molecule has 3 rings (SSSR count). The van der Waals surface area contributed by atoms with E-state index in [1.54, 1.807) is 0 Å². The van der Waals surface area contributed by atoms with Crippen molar-refractivity contribution in [1.29, 1.82) is 0 Å². The number of rotatable bonds is 3. The van der Waals surface area contributed by atoms with E-state index in [1.165, 1.54) is 5.01 Å². The summed E-state index contributed by atoms with van der Waals surface area (Å²) < 4.78 is 29.0. The Balaban J connectivity index is 1.67. The van der Waals surface area contributed by atoms with E-state index in [-0.39, 0.29) is 47.8 Å². The van der Waals surface area contributed by atoms with Gasteiger partial charge in [0.25, 0.3) is 5.91 Å². The molecule has 2 fully saturated rings. The lowest BCUT2D eigenvalue weighted by Gasteiger charge is -2.36. The van der Waals surface area contributed by atoms with E-state index in [4.69, 9.17) is 4.74 Å². The molecular formula is C16H25N3O5S. The summed E-state index contributed by atoms with van der Waals surface area (Å²) in [6.07, 6.45) is 2.30. The molecule has 0 unspecified atom stereocenters. The molecule has 0 saturated carbocycles. The summed E-state index contributed by atoms with van der Waals surface area (Å²) in [7, 11) is -3.12. The van der Waals surface area contributed by atoms with Crippen LogP contribution in [-0.4, -0.2) is 66.8 Å². The van der Waals surface area contributed by atoms with Crippen LogP contribution in [0.4, 0.5) is 0 Å². The Kier molecular flexibility index (Phi) is 4.89. The molecule has 0 aromatic carbocycles. The monoisotopic (exact) mass is 371 g/mol. The van der Waals surface area contributed by atoms with Crippen molar-refractivity contribution in [2.75, 3.05) is 18.1 Å². The Hall–Kier alpha value is -1.48. The highest BCUT2D eigenvalue weighted by atomic mass is 32.2. The molecule has 3 aliphatic rings. The summed E-state index contributed by atoms with van der Waals surface area (Å²) in [6, 6.07) is -0.445. The Morgan fingerprint density at radius 3 is 2.72 bits per heavy atom. The molecule has 9 heteroatoms. The largest absolute Gasteiger partial charge is 0.375 e. The molecule has 2 saturated heterocycles. The number of ether oxygens (including phenoxy) is 1. The second-order valence-electron chi connectivity index (χ2n) is 7.61. The van der Waals surface area contributed by atoms with Gasteiger partial charge in [-0.3, -0.25) is 9.59 Å². The number of sulfone groups is 1. The van der Waals surface area contributed by atoms with Gasteiger partial charge in [0.15, 0.2) is 9.84 Å². The first-order valence-corrected chi connectivity index (χ1v) is 10.5. The molecule has 2 atom stereocenters. The highest BCUT2D eigenvalue weighted by Gasteiger charge is 2.38. The van der Waals surface area contributed by atoms with Crippen molar-refractivity contribution in [3.63, 3.8) is 0 Å². The van der Waals surface area contributed by atoms with Crippen LogP contribution in [0, 0.1) is 0 Å². The third kappa shape index (κ3) is 4.38. The van der Waals surface area contributed by atoms with E-state index >= 15 is 0 Å². The SMILES string of the molecule is CC1(C)C[C@H](NC(=O)C2=NN([C@H]3CCS(=O)(=O)C3)C(=O)CC2)CCO1. The molecule has 8 nitrogen and oxygen atoms in total. The first-order valence-electron chi connectivity index (χ1n) is 8.70. The van der Waals surface area contributed by atoms with Crippen LogP contribution in [0.2, 0.25) is 0 Å². The van der Waals surface area contributed by atoms with E-state index in [9.17, 15) is 18.0 Å². The molecule has 2 amide bonds. The summed E-state index contributed by atoms with van der Waals surface area (Å²) in [4.78, 5) is 24.6. The molecule has 1 N–H and O–H groups in total. The van der Waals surface area contributed by atoms with E-state index < -0.39 is 15.9 Å². The normalized spacial score (nSPS) is 31.5. The van der Waals surface area contributed by atoms with Gasteiger partial charge in [-0.25, -0.2) is 13.4 Å². The first-order chi connectivity index (χ1) is 11.7. The Morgan fingerprint density at radius 1 is 1.32 bits per heavy atom. The fourth-order valence-electron chi connectivity index (χ4n) is 3.61. The average molecular weight is 371 g/mol. The van der Waals surface area contributed by atoms with Gasteiger partial charge < -0.3 is 10.1 Å². The van der Waals surface area contributed by atoms with Crippen LogP contribution >= 0.6 is 0 Å². The van der Waals surface area contributed by atoms with E-state index in [0.29, 0.717) is 18.7 Å². The van der Waals surface area contributed by atoms with Crippen molar-refractivity contribution in [3.05, 3.63) is 0 Å². The Bertz CT molecular complexity index is 701. The number of hydrogen-bond acceptors (Lipinski definition) is 6. The zero-order valence-corrected chi connectivity index (χ0v) is 15.5. The lowest BCUT2D eigenvalue weighted by atomic mass is 9.93. The maximum Gasteiger partial charge on any atom is 0.267 e. The standard InChI is InChI=1S/C16H25N3O5S/c1-16(2)9-11(5-7-24-16)17-15(21)13-3-4-14(20)19(18-13)12-6-8-25(22,23)10-12/h11-12H,3-10H2,1-2H3,(H,17,21)/t11-,12+/m1/s1. The van der Waals surface area contributed by atoms with Crippen molar-refractivity contribution >= 4 is 27.4 Å². The maximum atomic E-state index is 12.5. The van der Waals surface area contributed by atoms with Crippen LogP contribution < -0.4 is 5.32 Å². The van der Waals surface area contributed by atoms with Crippen molar-refractivity contribution in [2.45, 2.75) is 63.6 Å². The number of hydrazone groups is 1. The summed E-state index contributed by atoms with van der Waals surface area (Å²) in [5.74, 6) is -0.507. The fourth-order valence-corrected chi connectivity index (χ4v) is 5.30. The van der Waals surface area contributed by atoms with Gasteiger partial charge in [0, 0.05) is 25.5 Å². The quantitative estimate of drug-likeness (QED) is 0.764. The van der Waals surface area contributed by atoms with Crippen LogP contribution in [0.15, 0.2) is 5.10 Å². The Labute approximate surface area is 147 Å².